The third-order valence-corrected chi connectivity index (χ3v) is 5.21. The van der Waals surface area contributed by atoms with Crippen LogP contribution in [0.25, 0.3) is 11.1 Å². The predicted molar refractivity (Wildman–Crippen MR) is 95.2 cm³/mol. The Morgan fingerprint density at radius 1 is 1.24 bits per heavy atom. The monoisotopic (exact) mass is 342 g/mol. The summed E-state index contributed by atoms with van der Waals surface area (Å²) in [6.45, 7) is 3.50. The molecule has 1 aromatic heterocycles. The first-order chi connectivity index (χ1) is 12.0. The molecule has 132 valence electrons. The Kier molecular flexibility index (Phi) is 4.97. The van der Waals surface area contributed by atoms with Crippen LogP contribution in [0.2, 0.25) is 0 Å². The highest BCUT2D eigenvalue weighted by molar-refractivity contribution is 5.77. The number of aryl methyl sites for hydroxylation is 1. The minimum absolute atomic E-state index is 0.251. The van der Waals surface area contributed by atoms with Gasteiger partial charge in [0.15, 0.2) is 6.29 Å². The molecule has 4 nitrogen and oxygen atoms in total. The molecule has 0 spiro atoms. The summed E-state index contributed by atoms with van der Waals surface area (Å²) in [5.74, 6) is -0.251. The highest BCUT2D eigenvalue weighted by Crippen LogP contribution is 2.38. The molecule has 1 aliphatic heterocycles. The Morgan fingerprint density at radius 3 is 2.56 bits per heavy atom. The zero-order valence-corrected chi connectivity index (χ0v) is 14.9. The van der Waals surface area contributed by atoms with Crippen molar-refractivity contribution in [1.82, 2.24) is 9.88 Å². The number of nitrogens with zero attached hydrogens (tertiary/aromatic N) is 2. The highest BCUT2D eigenvalue weighted by Gasteiger charge is 2.38. The van der Waals surface area contributed by atoms with Crippen LogP contribution in [0.3, 0.4) is 0 Å². The van der Waals surface area contributed by atoms with Crippen molar-refractivity contribution in [2.45, 2.75) is 25.4 Å². The van der Waals surface area contributed by atoms with Crippen LogP contribution >= 0.6 is 0 Å². The SMILES string of the molecule is COC1(c2cc(-c3ccc(C)c(F)c3)cnc2C=O)CCN(C)CC1. The fraction of sp³-hybridized carbons (Fsp3) is 0.400. The second kappa shape index (κ2) is 7.02. The van der Waals surface area contributed by atoms with Gasteiger partial charge in [0.1, 0.15) is 11.5 Å². The number of carbonyl (C=O) groups is 1. The summed E-state index contributed by atoms with van der Waals surface area (Å²) >= 11 is 0. The van der Waals surface area contributed by atoms with Crippen LogP contribution in [0.4, 0.5) is 4.39 Å². The zero-order valence-electron chi connectivity index (χ0n) is 14.9. The van der Waals surface area contributed by atoms with Crippen molar-refractivity contribution >= 4 is 6.29 Å². The van der Waals surface area contributed by atoms with E-state index in [-0.39, 0.29) is 5.82 Å². The van der Waals surface area contributed by atoms with Crippen molar-refractivity contribution in [2.24, 2.45) is 0 Å². The van der Waals surface area contributed by atoms with Crippen LogP contribution in [-0.4, -0.2) is 43.4 Å². The van der Waals surface area contributed by atoms with E-state index >= 15 is 0 Å². The molecule has 2 heterocycles. The van der Waals surface area contributed by atoms with Crippen molar-refractivity contribution < 1.29 is 13.9 Å². The molecule has 0 aliphatic carbocycles. The van der Waals surface area contributed by atoms with E-state index in [9.17, 15) is 9.18 Å². The molecule has 0 unspecified atom stereocenters. The average Bonchev–Trinajstić information content (AvgIpc) is 2.64. The first-order valence-electron chi connectivity index (χ1n) is 8.45. The van der Waals surface area contributed by atoms with Gasteiger partial charge in [0.05, 0.1) is 5.60 Å². The first-order valence-corrected chi connectivity index (χ1v) is 8.45. The van der Waals surface area contributed by atoms with Gasteiger partial charge >= 0.3 is 0 Å². The second-order valence-corrected chi connectivity index (χ2v) is 6.74. The lowest BCUT2D eigenvalue weighted by atomic mass is 9.82. The Hall–Kier alpha value is -2.11. The van der Waals surface area contributed by atoms with Crippen LogP contribution in [0, 0.1) is 12.7 Å². The number of benzene rings is 1. The number of aldehydes is 1. The molecule has 0 saturated carbocycles. The number of aromatic nitrogens is 1. The van der Waals surface area contributed by atoms with Crippen LogP contribution in [0.5, 0.6) is 0 Å². The summed E-state index contributed by atoms with van der Waals surface area (Å²) < 4.78 is 19.8. The Balaban J connectivity index is 2.08. The quantitative estimate of drug-likeness (QED) is 0.797. The number of methoxy groups -OCH3 is 1. The molecule has 0 amide bonds. The van der Waals surface area contributed by atoms with Gasteiger partial charge in [-0.3, -0.25) is 9.78 Å². The Morgan fingerprint density at radius 2 is 1.96 bits per heavy atom. The number of halogens is 1. The van der Waals surface area contributed by atoms with E-state index in [1.54, 1.807) is 26.3 Å². The number of carbonyl (C=O) groups excluding carboxylic acids is 1. The van der Waals surface area contributed by atoms with Crippen molar-refractivity contribution in [3.8, 4) is 11.1 Å². The largest absolute Gasteiger partial charge is 0.373 e. The van der Waals surface area contributed by atoms with Crippen LogP contribution in [0.1, 0.15) is 34.5 Å². The van der Waals surface area contributed by atoms with E-state index in [4.69, 9.17) is 4.74 Å². The van der Waals surface area contributed by atoms with Crippen molar-refractivity contribution in [2.75, 3.05) is 27.2 Å². The number of pyridine rings is 1. The summed E-state index contributed by atoms with van der Waals surface area (Å²) in [5.41, 5.74) is 2.78. The molecule has 3 rings (SSSR count). The summed E-state index contributed by atoms with van der Waals surface area (Å²) in [6.07, 6.45) is 3.96. The zero-order chi connectivity index (χ0) is 18.0. The molecular weight excluding hydrogens is 319 g/mol. The maximum atomic E-state index is 13.9. The number of hydrogen-bond donors (Lipinski definition) is 0. The fourth-order valence-corrected chi connectivity index (χ4v) is 3.43. The average molecular weight is 342 g/mol. The molecule has 2 aromatic rings. The van der Waals surface area contributed by atoms with E-state index in [0.29, 0.717) is 11.3 Å². The van der Waals surface area contributed by atoms with Gasteiger partial charge in [-0.15, -0.1) is 0 Å². The van der Waals surface area contributed by atoms with E-state index in [0.717, 1.165) is 48.9 Å². The molecular formula is C20H23FN2O2. The minimum Gasteiger partial charge on any atom is -0.373 e. The lowest BCUT2D eigenvalue weighted by Crippen LogP contribution is -2.42. The van der Waals surface area contributed by atoms with E-state index in [1.165, 1.54) is 6.07 Å². The molecule has 1 aromatic carbocycles. The molecule has 1 saturated heterocycles. The smallest absolute Gasteiger partial charge is 0.168 e. The van der Waals surface area contributed by atoms with Gasteiger partial charge in [0.2, 0.25) is 0 Å². The number of likely N-dealkylation sites (tertiary alicyclic amines) is 1. The number of rotatable bonds is 4. The lowest BCUT2D eigenvalue weighted by molar-refractivity contribution is -0.0590. The van der Waals surface area contributed by atoms with Crippen LogP contribution in [0.15, 0.2) is 30.5 Å². The Labute approximate surface area is 147 Å². The summed E-state index contributed by atoms with van der Waals surface area (Å²) in [6, 6.07) is 7.05. The Bertz CT molecular complexity index is 783. The van der Waals surface area contributed by atoms with Gasteiger partial charge in [-0.25, -0.2) is 4.39 Å². The maximum absolute atomic E-state index is 13.9. The van der Waals surface area contributed by atoms with Gasteiger partial charge in [0, 0.05) is 37.5 Å². The van der Waals surface area contributed by atoms with Gasteiger partial charge in [-0.05, 0) is 50.1 Å². The number of ether oxygens (including phenoxy) is 1. The second-order valence-electron chi connectivity index (χ2n) is 6.74. The van der Waals surface area contributed by atoms with Crippen molar-refractivity contribution in [3.05, 3.63) is 53.1 Å². The maximum Gasteiger partial charge on any atom is 0.168 e. The van der Waals surface area contributed by atoms with Gasteiger partial charge in [0.25, 0.3) is 0 Å². The molecule has 1 fully saturated rings. The van der Waals surface area contributed by atoms with Crippen molar-refractivity contribution in [3.63, 3.8) is 0 Å². The highest BCUT2D eigenvalue weighted by atomic mass is 19.1. The van der Waals surface area contributed by atoms with E-state index < -0.39 is 5.60 Å². The molecule has 5 heteroatoms. The molecule has 0 bridgehead atoms. The third kappa shape index (κ3) is 3.34. The van der Waals surface area contributed by atoms with Crippen LogP contribution < -0.4 is 0 Å². The van der Waals surface area contributed by atoms with Gasteiger partial charge in [-0.1, -0.05) is 12.1 Å². The normalized spacial score (nSPS) is 17.4. The van der Waals surface area contributed by atoms with Gasteiger partial charge in [-0.2, -0.15) is 0 Å². The van der Waals surface area contributed by atoms with E-state index in [1.807, 2.05) is 12.1 Å². The molecule has 0 atom stereocenters. The van der Waals surface area contributed by atoms with Crippen molar-refractivity contribution in [1.29, 1.82) is 0 Å². The molecule has 25 heavy (non-hydrogen) atoms. The summed E-state index contributed by atoms with van der Waals surface area (Å²) in [4.78, 5) is 18.1. The predicted octanol–water partition coefficient (Wildman–Crippen LogP) is 3.58. The topological polar surface area (TPSA) is 42.4 Å². The molecule has 1 aliphatic rings. The van der Waals surface area contributed by atoms with Gasteiger partial charge < -0.3 is 9.64 Å². The summed E-state index contributed by atoms with van der Waals surface area (Å²) in [7, 11) is 3.75. The number of piperidine rings is 1. The summed E-state index contributed by atoms with van der Waals surface area (Å²) in [5, 5.41) is 0. The van der Waals surface area contributed by atoms with Crippen LogP contribution in [-0.2, 0) is 10.3 Å². The first kappa shape index (κ1) is 17.7. The fourth-order valence-electron chi connectivity index (χ4n) is 3.43. The third-order valence-electron chi connectivity index (χ3n) is 5.21. The standard InChI is InChI=1S/C20H23FN2O2/c1-14-4-5-15(11-18(14)21)16-10-17(19(13-24)22-12-16)20(25-3)6-8-23(2)9-7-20/h4-5,10-13H,6-9H2,1-3H3. The molecule has 0 N–H and O–H groups in total. The molecule has 0 radical (unpaired) electrons. The minimum atomic E-state index is -0.533. The number of hydrogen-bond acceptors (Lipinski definition) is 4. The van der Waals surface area contributed by atoms with E-state index in [2.05, 4.69) is 16.9 Å². The lowest BCUT2D eigenvalue weighted by Gasteiger charge is -2.40.